The molecule has 1 heterocycles. The van der Waals surface area contributed by atoms with E-state index in [0.717, 1.165) is 0 Å². The van der Waals surface area contributed by atoms with Gasteiger partial charge >= 0.3 is 0 Å². The molecule has 110 valence electrons. The zero-order valence-corrected chi connectivity index (χ0v) is 13.2. The predicted octanol–water partition coefficient (Wildman–Crippen LogP) is 2.69. The van der Waals surface area contributed by atoms with Crippen LogP contribution in [0.3, 0.4) is 0 Å². The van der Waals surface area contributed by atoms with Crippen LogP contribution in [0.5, 0.6) is 0 Å². The Morgan fingerprint density at radius 1 is 1.32 bits per heavy atom. The largest absolute Gasteiger partial charge is 0.368 e. The first-order chi connectivity index (χ1) is 8.83. The van der Waals surface area contributed by atoms with Crippen LogP contribution in [0.15, 0.2) is 4.52 Å². The van der Waals surface area contributed by atoms with Crippen molar-refractivity contribution in [3.63, 3.8) is 0 Å². The highest BCUT2D eigenvalue weighted by atomic mass is 16.5. The summed E-state index contributed by atoms with van der Waals surface area (Å²) in [6.45, 7) is 12.9. The van der Waals surface area contributed by atoms with Crippen LogP contribution in [-0.2, 0) is 10.3 Å². The molecule has 0 aliphatic rings. The quantitative estimate of drug-likeness (QED) is 0.824. The van der Waals surface area contributed by atoms with Gasteiger partial charge in [-0.1, -0.05) is 19.0 Å². The molecule has 5 nitrogen and oxygen atoms in total. The highest BCUT2D eigenvalue weighted by Crippen LogP contribution is 2.29. The average molecular weight is 269 g/mol. The second-order valence-corrected chi connectivity index (χ2v) is 5.75. The fourth-order valence-electron chi connectivity index (χ4n) is 2.30. The van der Waals surface area contributed by atoms with Gasteiger partial charge in [-0.2, -0.15) is 4.98 Å². The van der Waals surface area contributed by atoms with Gasteiger partial charge in [-0.15, -0.1) is 0 Å². The Bertz CT molecular complexity index is 388. The van der Waals surface area contributed by atoms with Crippen molar-refractivity contribution in [1.82, 2.24) is 15.5 Å². The summed E-state index contributed by atoms with van der Waals surface area (Å²) >= 11 is 0. The van der Waals surface area contributed by atoms with Crippen molar-refractivity contribution in [1.29, 1.82) is 0 Å². The molecular weight excluding hydrogens is 242 g/mol. The molecule has 0 aliphatic heterocycles. The van der Waals surface area contributed by atoms with E-state index in [-0.39, 0.29) is 12.0 Å². The van der Waals surface area contributed by atoms with E-state index in [0.29, 0.717) is 24.2 Å². The summed E-state index contributed by atoms with van der Waals surface area (Å²) in [5.74, 6) is 1.91. The number of aromatic nitrogens is 2. The molecule has 2 unspecified atom stereocenters. The molecule has 0 fully saturated rings. The number of likely N-dealkylation sites (N-methyl/N-ethyl adjacent to an activating group) is 1. The first-order valence-corrected chi connectivity index (χ1v) is 6.98. The summed E-state index contributed by atoms with van der Waals surface area (Å²) < 4.78 is 11.1. The lowest BCUT2D eigenvalue weighted by atomic mass is 9.89. The van der Waals surface area contributed by atoms with Crippen LogP contribution >= 0.6 is 0 Å². The van der Waals surface area contributed by atoms with Crippen LogP contribution in [0.4, 0.5) is 0 Å². The molecule has 0 saturated carbocycles. The molecular formula is C14H27N3O2. The fourth-order valence-corrected chi connectivity index (χ4v) is 2.30. The first-order valence-electron chi connectivity index (χ1n) is 6.98. The number of nitrogens with zero attached hydrogens (tertiary/aromatic N) is 2. The van der Waals surface area contributed by atoms with Gasteiger partial charge in [0, 0.05) is 12.6 Å². The van der Waals surface area contributed by atoms with Gasteiger partial charge < -0.3 is 14.6 Å². The SMILES string of the molecule is CCOC(C)(C)c1noc(C(C(C)C)C(C)NC)n1. The zero-order chi connectivity index (χ0) is 14.6. The lowest BCUT2D eigenvalue weighted by Gasteiger charge is -2.23. The topological polar surface area (TPSA) is 60.2 Å². The van der Waals surface area contributed by atoms with Gasteiger partial charge in [0.2, 0.25) is 11.7 Å². The van der Waals surface area contributed by atoms with E-state index < -0.39 is 5.60 Å². The standard InChI is InChI=1S/C14H27N3O2/c1-8-18-14(5,6)13-16-12(19-17-13)11(9(2)3)10(4)15-7/h9-11,15H,8H2,1-7H3. The third kappa shape index (κ3) is 3.76. The highest BCUT2D eigenvalue weighted by molar-refractivity contribution is 5.04. The van der Waals surface area contributed by atoms with E-state index in [1.165, 1.54) is 0 Å². The molecule has 1 aromatic heterocycles. The van der Waals surface area contributed by atoms with Crippen LogP contribution in [0.2, 0.25) is 0 Å². The van der Waals surface area contributed by atoms with E-state index in [9.17, 15) is 0 Å². The summed E-state index contributed by atoms with van der Waals surface area (Å²) in [5, 5.41) is 7.35. The molecule has 0 spiro atoms. The Hall–Kier alpha value is -0.940. The van der Waals surface area contributed by atoms with Crippen LogP contribution in [0, 0.1) is 5.92 Å². The van der Waals surface area contributed by atoms with Crippen molar-refractivity contribution in [2.45, 2.75) is 59.1 Å². The lowest BCUT2D eigenvalue weighted by Crippen LogP contribution is -2.32. The summed E-state index contributed by atoms with van der Waals surface area (Å²) in [4.78, 5) is 4.55. The van der Waals surface area contributed by atoms with E-state index in [1.54, 1.807) is 0 Å². The van der Waals surface area contributed by atoms with Gasteiger partial charge in [-0.25, -0.2) is 0 Å². The van der Waals surface area contributed by atoms with Crippen LogP contribution in [-0.4, -0.2) is 29.8 Å². The predicted molar refractivity (Wildman–Crippen MR) is 75.1 cm³/mol. The number of ether oxygens (including phenoxy) is 1. The van der Waals surface area contributed by atoms with Crippen LogP contribution < -0.4 is 5.32 Å². The van der Waals surface area contributed by atoms with Crippen molar-refractivity contribution in [3.8, 4) is 0 Å². The minimum Gasteiger partial charge on any atom is -0.368 e. The van der Waals surface area contributed by atoms with Gasteiger partial charge in [-0.3, -0.25) is 0 Å². The number of rotatable bonds is 7. The van der Waals surface area contributed by atoms with E-state index in [2.05, 4.69) is 36.2 Å². The van der Waals surface area contributed by atoms with E-state index in [4.69, 9.17) is 9.26 Å². The maximum Gasteiger partial charge on any atom is 0.231 e. The maximum atomic E-state index is 5.66. The Morgan fingerprint density at radius 2 is 1.95 bits per heavy atom. The minimum atomic E-state index is -0.513. The van der Waals surface area contributed by atoms with E-state index in [1.807, 2.05) is 27.8 Å². The van der Waals surface area contributed by atoms with Gasteiger partial charge in [0.05, 0.1) is 5.92 Å². The molecule has 1 rings (SSSR count). The molecule has 0 aliphatic carbocycles. The van der Waals surface area contributed by atoms with Gasteiger partial charge in [0.25, 0.3) is 0 Å². The molecule has 0 bridgehead atoms. The molecule has 2 atom stereocenters. The van der Waals surface area contributed by atoms with Crippen molar-refractivity contribution in [3.05, 3.63) is 11.7 Å². The summed E-state index contributed by atoms with van der Waals surface area (Å²) in [7, 11) is 1.95. The molecule has 1 aromatic rings. The Balaban J connectivity index is 2.99. The Labute approximate surface area is 116 Å². The average Bonchev–Trinajstić information content (AvgIpc) is 2.78. The summed E-state index contributed by atoms with van der Waals surface area (Å²) in [6.07, 6.45) is 0. The molecule has 0 radical (unpaired) electrons. The molecule has 19 heavy (non-hydrogen) atoms. The third-order valence-corrected chi connectivity index (χ3v) is 3.48. The molecule has 0 amide bonds. The maximum absolute atomic E-state index is 5.66. The monoisotopic (exact) mass is 269 g/mol. The second kappa shape index (κ2) is 6.48. The van der Waals surface area contributed by atoms with Crippen LogP contribution in [0.25, 0.3) is 0 Å². The Morgan fingerprint density at radius 3 is 2.42 bits per heavy atom. The highest BCUT2D eigenvalue weighted by Gasteiger charge is 2.32. The van der Waals surface area contributed by atoms with Crippen molar-refractivity contribution in [2.24, 2.45) is 5.92 Å². The van der Waals surface area contributed by atoms with Gasteiger partial charge in [0.1, 0.15) is 5.60 Å². The van der Waals surface area contributed by atoms with Crippen molar-refractivity contribution in [2.75, 3.05) is 13.7 Å². The first kappa shape index (κ1) is 16.1. The summed E-state index contributed by atoms with van der Waals surface area (Å²) in [5.41, 5.74) is -0.513. The van der Waals surface area contributed by atoms with Gasteiger partial charge in [0.15, 0.2) is 0 Å². The lowest BCUT2D eigenvalue weighted by molar-refractivity contribution is -0.0221. The molecule has 0 saturated heterocycles. The smallest absolute Gasteiger partial charge is 0.231 e. The van der Waals surface area contributed by atoms with E-state index >= 15 is 0 Å². The van der Waals surface area contributed by atoms with Crippen LogP contribution in [0.1, 0.15) is 59.2 Å². The normalized spacial score (nSPS) is 15.8. The number of nitrogens with one attached hydrogen (secondary N) is 1. The fraction of sp³-hybridized carbons (Fsp3) is 0.857. The molecule has 1 N–H and O–H groups in total. The summed E-state index contributed by atoms with van der Waals surface area (Å²) in [6, 6.07) is 0.281. The molecule has 5 heteroatoms. The minimum absolute atomic E-state index is 0.198. The second-order valence-electron chi connectivity index (χ2n) is 5.75. The number of hydrogen-bond donors (Lipinski definition) is 1. The zero-order valence-electron chi connectivity index (χ0n) is 13.2. The number of hydrogen-bond acceptors (Lipinski definition) is 5. The third-order valence-electron chi connectivity index (χ3n) is 3.48. The van der Waals surface area contributed by atoms with Gasteiger partial charge in [-0.05, 0) is 40.7 Å². The Kier molecular flexibility index (Phi) is 5.50. The van der Waals surface area contributed by atoms with Crippen molar-refractivity contribution >= 4 is 0 Å². The van der Waals surface area contributed by atoms with Crippen molar-refractivity contribution < 1.29 is 9.26 Å². The molecule has 0 aromatic carbocycles.